The molecule has 3 heteroatoms. The van der Waals surface area contributed by atoms with Gasteiger partial charge < -0.3 is 0 Å². The lowest BCUT2D eigenvalue weighted by Crippen LogP contribution is -2.37. The molecule has 2 aromatic rings. The summed E-state index contributed by atoms with van der Waals surface area (Å²) in [6.45, 7) is 0. The molecule has 0 heterocycles. The molecule has 4 rings (SSSR count). The Kier molecular flexibility index (Phi) is 7.27. The van der Waals surface area contributed by atoms with E-state index in [-0.39, 0.29) is 0 Å². The van der Waals surface area contributed by atoms with Crippen LogP contribution in [0.2, 0.25) is 0 Å². The van der Waals surface area contributed by atoms with Crippen LogP contribution in [0.1, 0.15) is 70.6 Å². The molecule has 1 atom stereocenters. The molecule has 0 bridgehead atoms. The van der Waals surface area contributed by atoms with Crippen molar-refractivity contribution in [1.82, 2.24) is 5.09 Å². The lowest BCUT2D eigenvalue weighted by molar-refractivity contribution is 0.288. The Morgan fingerprint density at radius 2 is 1.10 bits per heavy atom. The van der Waals surface area contributed by atoms with Crippen molar-refractivity contribution < 1.29 is 4.57 Å². The van der Waals surface area contributed by atoms with Gasteiger partial charge in [0, 0.05) is 16.7 Å². The third-order valence-electron chi connectivity index (χ3n) is 7.04. The second kappa shape index (κ2) is 10.1. The molecule has 0 radical (unpaired) electrons. The number of rotatable bonds is 8. The maximum Gasteiger partial charge on any atom is 0.204 e. The van der Waals surface area contributed by atoms with Crippen LogP contribution >= 0.6 is 7.29 Å². The van der Waals surface area contributed by atoms with Crippen molar-refractivity contribution in [2.24, 2.45) is 11.8 Å². The Bertz CT molecular complexity index is 735. The van der Waals surface area contributed by atoms with Crippen LogP contribution in [0.5, 0.6) is 0 Å². The third-order valence-corrected chi connectivity index (χ3v) is 9.82. The Morgan fingerprint density at radius 1 is 0.690 bits per heavy atom. The van der Waals surface area contributed by atoms with Crippen LogP contribution < -0.4 is 15.7 Å². The summed E-state index contributed by atoms with van der Waals surface area (Å²) in [7, 11) is -2.85. The summed E-state index contributed by atoms with van der Waals surface area (Å²) in [4.78, 5) is 0. The molecule has 0 spiro atoms. The molecule has 29 heavy (non-hydrogen) atoms. The fourth-order valence-electron chi connectivity index (χ4n) is 5.51. The molecule has 0 amide bonds. The standard InChI is InChI=1S/C26H36NOP/c28-29(25-16-6-2-7-17-25,26-18-8-3-9-19-26)27-24(21-23-14-10-11-15-23)20-22-12-4-1-5-13-22/h2-3,6-9,16-19,22-24H,1,4-5,10-15,20-21H2,(H,27,28)/t24-/m0/s1. The van der Waals surface area contributed by atoms with Crippen LogP contribution in [0, 0.1) is 11.8 Å². The van der Waals surface area contributed by atoms with Crippen LogP contribution in [-0.4, -0.2) is 6.04 Å². The largest absolute Gasteiger partial charge is 0.297 e. The predicted octanol–water partition coefficient (Wildman–Crippen LogP) is 6.42. The van der Waals surface area contributed by atoms with Gasteiger partial charge in [0.15, 0.2) is 0 Å². The molecule has 2 aliphatic rings. The van der Waals surface area contributed by atoms with E-state index in [0.29, 0.717) is 6.04 Å². The Balaban J connectivity index is 1.61. The van der Waals surface area contributed by atoms with Crippen molar-refractivity contribution in [3.05, 3.63) is 60.7 Å². The molecule has 0 saturated heterocycles. The minimum Gasteiger partial charge on any atom is -0.297 e. The maximum absolute atomic E-state index is 14.5. The van der Waals surface area contributed by atoms with Crippen molar-refractivity contribution >= 4 is 17.9 Å². The zero-order valence-electron chi connectivity index (χ0n) is 17.6. The molecule has 2 nitrogen and oxygen atoms in total. The van der Waals surface area contributed by atoms with E-state index in [9.17, 15) is 4.57 Å². The van der Waals surface area contributed by atoms with Gasteiger partial charge in [-0.05, 0) is 48.9 Å². The van der Waals surface area contributed by atoms with Crippen LogP contribution in [0.25, 0.3) is 0 Å². The number of hydrogen-bond acceptors (Lipinski definition) is 1. The smallest absolute Gasteiger partial charge is 0.204 e. The Labute approximate surface area is 176 Å². The monoisotopic (exact) mass is 409 g/mol. The normalized spacial score (nSPS) is 20.0. The van der Waals surface area contributed by atoms with Crippen molar-refractivity contribution in [3.63, 3.8) is 0 Å². The predicted molar refractivity (Wildman–Crippen MR) is 124 cm³/mol. The first-order valence-corrected chi connectivity index (χ1v) is 13.4. The lowest BCUT2D eigenvalue weighted by Gasteiger charge is -2.32. The molecule has 2 aliphatic carbocycles. The van der Waals surface area contributed by atoms with Gasteiger partial charge in [-0.25, -0.2) is 0 Å². The highest BCUT2D eigenvalue weighted by Gasteiger charge is 2.33. The zero-order chi connectivity index (χ0) is 19.9. The van der Waals surface area contributed by atoms with E-state index in [1.54, 1.807) is 0 Å². The van der Waals surface area contributed by atoms with Crippen molar-refractivity contribution in [1.29, 1.82) is 0 Å². The summed E-state index contributed by atoms with van der Waals surface area (Å²) in [5.41, 5.74) is 0. The third kappa shape index (κ3) is 5.41. The molecule has 1 N–H and O–H groups in total. The second-order valence-electron chi connectivity index (χ2n) is 9.23. The number of hydrogen-bond donors (Lipinski definition) is 1. The van der Waals surface area contributed by atoms with E-state index in [1.807, 2.05) is 60.7 Å². The molecule has 0 aliphatic heterocycles. The van der Waals surface area contributed by atoms with E-state index in [2.05, 4.69) is 5.09 Å². The van der Waals surface area contributed by atoms with Crippen molar-refractivity contribution in [3.8, 4) is 0 Å². The fraction of sp³-hybridized carbons (Fsp3) is 0.538. The zero-order valence-corrected chi connectivity index (χ0v) is 18.5. The molecular weight excluding hydrogens is 373 g/mol. The van der Waals surface area contributed by atoms with E-state index in [1.165, 1.54) is 70.6 Å². The molecule has 156 valence electrons. The van der Waals surface area contributed by atoms with E-state index in [4.69, 9.17) is 0 Å². The highest BCUT2D eigenvalue weighted by Crippen LogP contribution is 2.42. The molecule has 2 aromatic carbocycles. The van der Waals surface area contributed by atoms with Gasteiger partial charge in [0.25, 0.3) is 0 Å². The Hall–Kier alpha value is -1.37. The van der Waals surface area contributed by atoms with Crippen LogP contribution in [0.4, 0.5) is 0 Å². The van der Waals surface area contributed by atoms with E-state index >= 15 is 0 Å². The SMILES string of the molecule is O=P(N[C@@H](CC1CCCCC1)CC1CCCC1)(c1ccccc1)c1ccccc1. The molecule has 2 fully saturated rings. The average molecular weight is 410 g/mol. The summed E-state index contributed by atoms with van der Waals surface area (Å²) < 4.78 is 14.5. The van der Waals surface area contributed by atoms with Gasteiger partial charge in [-0.2, -0.15) is 0 Å². The van der Waals surface area contributed by atoms with Crippen LogP contribution in [0.15, 0.2) is 60.7 Å². The van der Waals surface area contributed by atoms with Gasteiger partial charge in [0.05, 0.1) is 0 Å². The van der Waals surface area contributed by atoms with Crippen molar-refractivity contribution in [2.75, 3.05) is 0 Å². The van der Waals surface area contributed by atoms with Gasteiger partial charge in [-0.1, -0.05) is 94.2 Å². The minimum atomic E-state index is -2.85. The first-order chi connectivity index (χ1) is 14.2. The first kappa shape index (κ1) is 20.9. The van der Waals surface area contributed by atoms with Crippen LogP contribution in [-0.2, 0) is 4.57 Å². The fourth-order valence-corrected chi connectivity index (χ4v) is 8.01. The van der Waals surface area contributed by atoms with Gasteiger partial charge in [-0.15, -0.1) is 0 Å². The van der Waals surface area contributed by atoms with Gasteiger partial charge in [0.1, 0.15) is 0 Å². The summed E-state index contributed by atoms with van der Waals surface area (Å²) >= 11 is 0. The number of benzene rings is 2. The topological polar surface area (TPSA) is 29.1 Å². The van der Waals surface area contributed by atoms with E-state index < -0.39 is 7.29 Å². The summed E-state index contributed by atoms with van der Waals surface area (Å²) in [6.07, 6.45) is 14.6. The molecule has 2 saturated carbocycles. The molecule has 0 unspecified atom stereocenters. The van der Waals surface area contributed by atoms with Crippen molar-refractivity contribution in [2.45, 2.75) is 76.7 Å². The molecular formula is C26H36NOP. The molecule has 0 aromatic heterocycles. The van der Waals surface area contributed by atoms with Crippen LogP contribution in [0.3, 0.4) is 0 Å². The van der Waals surface area contributed by atoms with Gasteiger partial charge >= 0.3 is 0 Å². The summed E-state index contributed by atoms with van der Waals surface area (Å²) in [5, 5.41) is 5.67. The average Bonchev–Trinajstić information content (AvgIpc) is 3.28. The summed E-state index contributed by atoms with van der Waals surface area (Å²) in [6, 6.07) is 20.6. The van der Waals surface area contributed by atoms with Gasteiger partial charge in [0.2, 0.25) is 7.29 Å². The lowest BCUT2D eigenvalue weighted by atomic mass is 9.83. The van der Waals surface area contributed by atoms with E-state index in [0.717, 1.165) is 22.4 Å². The second-order valence-corrected chi connectivity index (χ2v) is 11.7. The first-order valence-electron chi connectivity index (χ1n) is 11.7. The van der Waals surface area contributed by atoms with Gasteiger partial charge in [-0.3, -0.25) is 9.65 Å². The highest BCUT2D eigenvalue weighted by molar-refractivity contribution is 7.76. The number of nitrogens with one attached hydrogen (secondary N) is 1. The highest BCUT2D eigenvalue weighted by atomic mass is 31.2. The minimum absolute atomic E-state index is 0.340. The maximum atomic E-state index is 14.5. The quantitative estimate of drug-likeness (QED) is 0.509. The Morgan fingerprint density at radius 3 is 1.55 bits per heavy atom. The summed E-state index contributed by atoms with van der Waals surface area (Å²) in [5.74, 6) is 1.60.